The Balaban J connectivity index is 2.32. The van der Waals surface area contributed by atoms with Gasteiger partial charge < -0.3 is 4.79 Å². The Bertz CT molecular complexity index is 519. The van der Waals surface area contributed by atoms with Crippen LogP contribution in [0.3, 0.4) is 0 Å². The monoisotopic (exact) mass is 318 g/mol. The molecule has 0 bridgehead atoms. The van der Waals surface area contributed by atoms with E-state index in [1.807, 2.05) is 19.9 Å². The average molecular weight is 318 g/mol. The topological polar surface area (TPSA) is 51.2 Å². The minimum Gasteiger partial charge on any atom is -0.303 e. The molecule has 0 heterocycles. The third-order valence-corrected chi connectivity index (χ3v) is 6.55. The van der Waals surface area contributed by atoms with Crippen molar-refractivity contribution in [3.63, 3.8) is 0 Å². The molecule has 0 aliphatic heterocycles. The van der Waals surface area contributed by atoms with Crippen molar-refractivity contribution in [2.24, 2.45) is 28.6 Å². The van der Waals surface area contributed by atoms with Crippen LogP contribution in [-0.2, 0) is 14.4 Å². The molecule has 2 aliphatic carbocycles. The number of ketones is 1. The highest BCUT2D eigenvalue weighted by molar-refractivity contribution is 5.83. The smallest absolute Gasteiger partial charge is 0.145 e. The first-order chi connectivity index (χ1) is 10.8. The van der Waals surface area contributed by atoms with Gasteiger partial charge in [-0.2, -0.15) is 0 Å². The van der Waals surface area contributed by atoms with E-state index in [0.717, 1.165) is 43.8 Å². The number of allylic oxidation sites excluding steroid dienone is 2. The molecule has 0 aromatic carbocycles. The Morgan fingerprint density at radius 1 is 1.26 bits per heavy atom. The minimum atomic E-state index is -0.304. The third-order valence-electron chi connectivity index (χ3n) is 6.55. The summed E-state index contributed by atoms with van der Waals surface area (Å²) < 4.78 is 0. The number of carbonyl (C=O) groups excluding carboxylic acids is 3. The van der Waals surface area contributed by atoms with Gasteiger partial charge in [0.1, 0.15) is 18.4 Å². The number of Topliss-reactive ketones (excluding diaryl/α,β-unsaturated/α-hetero) is 1. The predicted octanol–water partition coefficient (Wildman–Crippen LogP) is 4.15. The number of hydrogen-bond acceptors (Lipinski definition) is 3. The molecule has 3 nitrogen and oxygen atoms in total. The fourth-order valence-electron chi connectivity index (χ4n) is 5.07. The van der Waals surface area contributed by atoms with E-state index >= 15 is 0 Å². The van der Waals surface area contributed by atoms with Crippen molar-refractivity contribution in [2.45, 2.75) is 66.2 Å². The van der Waals surface area contributed by atoms with Crippen LogP contribution in [0.15, 0.2) is 11.6 Å². The summed E-state index contributed by atoms with van der Waals surface area (Å²) in [5.41, 5.74) is 0.351. The van der Waals surface area contributed by atoms with E-state index in [1.165, 1.54) is 0 Å². The SMILES string of the molecule is CC(C)C(C=O)=CCC1C(=O)CCC2C(C)(C=O)CCCC12C. The first-order valence-electron chi connectivity index (χ1n) is 8.93. The molecule has 2 fully saturated rings. The number of hydrogen-bond donors (Lipinski definition) is 0. The van der Waals surface area contributed by atoms with Crippen LogP contribution in [0.1, 0.15) is 66.2 Å². The second-order valence-corrected chi connectivity index (χ2v) is 8.31. The zero-order chi connectivity index (χ0) is 17.3. The van der Waals surface area contributed by atoms with Gasteiger partial charge in [0, 0.05) is 17.8 Å². The Labute approximate surface area is 139 Å². The highest BCUT2D eigenvalue weighted by Crippen LogP contribution is 2.59. The van der Waals surface area contributed by atoms with Gasteiger partial charge in [0.05, 0.1) is 0 Å². The maximum atomic E-state index is 12.6. The van der Waals surface area contributed by atoms with Crippen LogP contribution in [0.2, 0.25) is 0 Å². The molecule has 0 radical (unpaired) electrons. The highest BCUT2D eigenvalue weighted by Gasteiger charge is 2.55. The maximum Gasteiger partial charge on any atom is 0.145 e. The summed E-state index contributed by atoms with van der Waals surface area (Å²) in [4.78, 5) is 35.6. The fourth-order valence-corrected chi connectivity index (χ4v) is 5.07. The summed E-state index contributed by atoms with van der Waals surface area (Å²) in [6.07, 6.45) is 8.96. The van der Waals surface area contributed by atoms with Crippen LogP contribution in [0, 0.1) is 28.6 Å². The van der Waals surface area contributed by atoms with Crippen LogP contribution in [0.4, 0.5) is 0 Å². The maximum absolute atomic E-state index is 12.6. The molecule has 0 spiro atoms. The molecule has 4 unspecified atom stereocenters. The Morgan fingerprint density at radius 3 is 2.52 bits per heavy atom. The van der Waals surface area contributed by atoms with E-state index in [2.05, 4.69) is 13.8 Å². The van der Waals surface area contributed by atoms with Crippen LogP contribution >= 0.6 is 0 Å². The lowest BCUT2D eigenvalue weighted by Crippen LogP contribution is -2.53. The summed E-state index contributed by atoms with van der Waals surface area (Å²) in [6, 6.07) is 0. The van der Waals surface area contributed by atoms with E-state index in [1.54, 1.807) is 0 Å². The predicted molar refractivity (Wildman–Crippen MR) is 91.0 cm³/mol. The lowest BCUT2D eigenvalue weighted by atomic mass is 9.47. The van der Waals surface area contributed by atoms with E-state index in [9.17, 15) is 14.4 Å². The van der Waals surface area contributed by atoms with Crippen LogP contribution in [0.25, 0.3) is 0 Å². The van der Waals surface area contributed by atoms with Crippen molar-refractivity contribution in [2.75, 3.05) is 0 Å². The van der Waals surface area contributed by atoms with Gasteiger partial charge in [0.25, 0.3) is 0 Å². The normalized spacial score (nSPS) is 38.3. The number of fused-ring (bicyclic) bond motifs is 1. The summed E-state index contributed by atoms with van der Waals surface area (Å²) >= 11 is 0. The largest absolute Gasteiger partial charge is 0.303 e. The third kappa shape index (κ3) is 3.20. The van der Waals surface area contributed by atoms with Gasteiger partial charge in [-0.3, -0.25) is 9.59 Å². The van der Waals surface area contributed by atoms with E-state index in [0.29, 0.717) is 18.6 Å². The molecule has 0 aromatic rings. The molecular formula is C20H30O3. The van der Waals surface area contributed by atoms with Crippen molar-refractivity contribution in [1.29, 1.82) is 0 Å². The van der Waals surface area contributed by atoms with Gasteiger partial charge in [-0.15, -0.1) is 0 Å². The summed E-state index contributed by atoms with van der Waals surface area (Å²) in [5, 5.41) is 0. The molecule has 2 aliphatic rings. The van der Waals surface area contributed by atoms with Crippen molar-refractivity contribution in [3.05, 3.63) is 11.6 Å². The van der Waals surface area contributed by atoms with Crippen LogP contribution < -0.4 is 0 Å². The van der Waals surface area contributed by atoms with Gasteiger partial charge in [0.15, 0.2) is 0 Å². The van der Waals surface area contributed by atoms with Gasteiger partial charge in [0.2, 0.25) is 0 Å². The summed E-state index contributed by atoms with van der Waals surface area (Å²) in [6.45, 7) is 8.26. The lowest BCUT2D eigenvalue weighted by Gasteiger charge is -2.55. The van der Waals surface area contributed by atoms with Crippen molar-refractivity contribution < 1.29 is 14.4 Å². The van der Waals surface area contributed by atoms with Crippen molar-refractivity contribution in [3.8, 4) is 0 Å². The summed E-state index contributed by atoms with van der Waals surface area (Å²) in [5.74, 6) is 0.705. The van der Waals surface area contributed by atoms with Gasteiger partial charge in [-0.05, 0) is 48.5 Å². The van der Waals surface area contributed by atoms with Crippen LogP contribution in [0.5, 0.6) is 0 Å². The van der Waals surface area contributed by atoms with E-state index in [4.69, 9.17) is 0 Å². The Kier molecular flexibility index (Phi) is 5.27. The highest BCUT2D eigenvalue weighted by atomic mass is 16.1. The molecule has 0 saturated heterocycles. The minimum absolute atomic E-state index is 0.0606. The molecule has 4 atom stereocenters. The molecular weight excluding hydrogens is 288 g/mol. The van der Waals surface area contributed by atoms with Crippen molar-refractivity contribution >= 4 is 18.4 Å². The van der Waals surface area contributed by atoms with Gasteiger partial charge in [-0.1, -0.05) is 40.2 Å². The van der Waals surface area contributed by atoms with E-state index < -0.39 is 0 Å². The average Bonchev–Trinajstić information content (AvgIpc) is 2.49. The molecule has 128 valence electrons. The molecule has 2 saturated carbocycles. The molecule has 3 heteroatoms. The first-order valence-corrected chi connectivity index (χ1v) is 8.93. The van der Waals surface area contributed by atoms with Gasteiger partial charge >= 0.3 is 0 Å². The molecule has 0 amide bonds. The lowest BCUT2D eigenvalue weighted by molar-refractivity contribution is -0.148. The number of aldehydes is 2. The second-order valence-electron chi connectivity index (χ2n) is 8.31. The summed E-state index contributed by atoms with van der Waals surface area (Å²) in [7, 11) is 0. The zero-order valence-corrected chi connectivity index (χ0v) is 14.9. The zero-order valence-electron chi connectivity index (χ0n) is 14.9. The van der Waals surface area contributed by atoms with Gasteiger partial charge in [-0.25, -0.2) is 0 Å². The van der Waals surface area contributed by atoms with E-state index in [-0.39, 0.29) is 28.6 Å². The quantitative estimate of drug-likeness (QED) is 0.565. The molecule has 2 rings (SSSR count). The standard InChI is InChI=1S/C20H30O3/c1-14(2)15(12-21)6-7-16-17(23)8-9-18-19(3,13-22)10-5-11-20(16,18)4/h6,12-14,16,18H,5,7-11H2,1-4H3. The Hall–Kier alpha value is -1.25. The molecule has 0 aromatic heterocycles. The Morgan fingerprint density at radius 2 is 1.96 bits per heavy atom. The molecule has 23 heavy (non-hydrogen) atoms. The fraction of sp³-hybridized carbons (Fsp3) is 0.750. The number of carbonyl (C=O) groups is 3. The van der Waals surface area contributed by atoms with Crippen LogP contribution in [-0.4, -0.2) is 18.4 Å². The molecule has 0 N–H and O–H groups in total. The van der Waals surface area contributed by atoms with Crippen molar-refractivity contribution in [1.82, 2.24) is 0 Å². The second kappa shape index (κ2) is 6.70. The number of rotatable bonds is 5. The first kappa shape index (κ1) is 18.1.